The summed E-state index contributed by atoms with van der Waals surface area (Å²) in [7, 11) is 1.79. The molecule has 3 N–H and O–H groups in total. The largest absolute Gasteiger partial charge is 0.480 e. The zero-order valence-electron chi connectivity index (χ0n) is 17.6. The Bertz CT molecular complexity index is 1490. The topological polar surface area (TPSA) is 99.3 Å². The van der Waals surface area contributed by atoms with Gasteiger partial charge >= 0.3 is 5.97 Å². The third-order valence-electron chi connectivity index (χ3n) is 5.04. The summed E-state index contributed by atoms with van der Waals surface area (Å²) in [5, 5.41) is 10.4. The molecule has 4 aromatic rings. The van der Waals surface area contributed by atoms with Crippen molar-refractivity contribution in [1.29, 1.82) is 0 Å². The van der Waals surface area contributed by atoms with Gasteiger partial charge in [0.15, 0.2) is 0 Å². The van der Waals surface area contributed by atoms with Crippen LogP contribution in [0, 0.1) is 18.8 Å². The number of H-pyrrole nitrogens is 1. The molecule has 1 atom stereocenters. The highest BCUT2D eigenvalue weighted by molar-refractivity contribution is 7.91. The van der Waals surface area contributed by atoms with Gasteiger partial charge in [-0.05, 0) is 42.8 Å². The van der Waals surface area contributed by atoms with Gasteiger partial charge in [0, 0.05) is 29.1 Å². The molecule has 4 rings (SSSR count). The molecular weight excluding hydrogens is 455 g/mol. The van der Waals surface area contributed by atoms with E-state index in [1.165, 1.54) is 6.07 Å². The molecule has 2 heterocycles. The van der Waals surface area contributed by atoms with Crippen molar-refractivity contribution in [2.75, 3.05) is 0 Å². The first-order valence-corrected chi connectivity index (χ1v) is 12.3. The van der Waals surface area contributed by atoms with E-state index in [2.05, 4.69) is 21.5 Å². The van der Waals surface area contributed by atoms with Crippen molar-refractivity contribution in [3.63, 3.8) is 0 Å². The minimum absolute atomic E-state index is 0.00475. The van der Waals surface area contributed by atoms with Crippen molar-refractivity contribution in [2.24, 2.45) is 0 Å². The lowest BCUT2D eigenvalue weighted by Gasteiger charge is -2.14. The molecule has 2 radical (unpaired) electrons. The smallest absolute Gasteiger partial charge is 0.322 e. The van der Waals surface area contributed by atoms with E-state index in [0.29, 0.717) is 15.9 Å². The molecule has 2 aromatic heterocycles. The van der Waals surface area contributed by atoms with Crippen molar-refractivity contribution >= 4 is 51.5 Å². The summed E-state index contributed by atoms with van der Waals surface area (Å²) >= 11 is 0.989. The molecule has 0 bridgehead atoms. The lowest BCUT2D eigenvalue weighted by atomic mass is 9.93. The second-order valence-corrected chi connectivity index (χ2v) is 10.6. The van der Waals surface area contributed by atoms with Gasteiger partial charge in [0.1, 0.15) is 18.1 Å². The van der Waals surface area contributed by atoms with Crippen molar-refractivity contribution in [3.05, 3.63) is 82.4 Å². The maximum absolute atomic E-state index is 12.9. The van der Waals surface area contributed by atoms with Gasteiger partial charge in [-0.3, -0.25) is 4.79 Å². The van der Waals surface area contributed by atoms with Gasteiger partial charge in [0.2, 0.25) is 0 Å². The molecular formula is C24H19BN2O4S2. The molecule has 6 nitrogen and oxygen atoms in total. The number of carboxylic acid groups (broad SMARTS) is 1. The van der Waals surface area contributed by atoms with Gasteiger partial charge in [-0.2, -0.15) is 4.72 Å². The SMILES string of the molecule is [B]c1ccc2[nH]cc(C[C@@H](NS(=O)(=O)c3ccc(C#Cc4ccc(C)cc4)s3)C(=O)O)c2c1. The Hall–Kier alpha value is -3.32. The number of sulfonamides is 1. The first kappa shape index (κ1) is 22.9. The van der Waals surface area contributed by atoms with Crippen LogP contribution in [0.5, 0.6) is 0 Å². The summed E-state index contributed by atoms with van der Waals surface area (Å²) in [6.45, 7) is 1.99. The van der Waals surface area contributed by atoms with E-state index in [0.717, 1.165) is 33.4 Å². The molecule has 0 fully saturated rings. The number of aryl methyl sites for hydroxylation is 1. The van der Waals surface area contributed by atoms with Crippen LogP contribution in [-0.4, -0.2) is 38.4 Å². The molecule has 0 saturated carbocycles. The number of hydrogen-bond donors (Lipinski definition) is 3. The maximum atomic E-state index is 12.9. The van der Waals surface area contributed by atoms with Crippen LogP contribution in [0.1, 0.15) is 21.6 Å². The van der Waals surface area contributed by atoms with E-state index < -0.39 is 22.0 Å². The molecule has 0 amide bonds. The molecule has 0 aliphatic rings. The Morgan fingerprint density at radius 3 is 2.64 bits per heavy atom. The van der Waals surface area contributed by atoms with Crippen LogP contribution < -0.4 is 10.2 Å². The van der Waals surface area contributed by atoms with E-state index in [1.54, 1.807) is 30.5 Å². The van der Waals surface area contributed by atoms with E-state index >= 15 is 0 Å². The number of aromatic nitrogens is 1. The number of nitrogens with one attached hydrogen (secondary N) is 2. The molecule has 0 aliphatic heterocycles. The number of benzene rings is 2. The molecule has 0 spiro atoms. The first-order valence-electron chi connectivity index (χ1n) is 10.0. The van der Waals surface area contributed by atoms with Gasteiger partial charge in [-0.1, -0.05) is 47.1 Å². The number of carboxylic acids is 1. The highest BCUT2D eigenvalue weighted by Crippen LogP contribution is 2.23. The zero-order valence-corrected chi connectivity index (χ0v) is 19.3. The van der Waals surface area contributed by atoms with Gasteiger partial charge in [-0.15, -0.1) is 11.3 Å². The Kier molecular flexibility index (Phi) is 6.43. The third-order valence-corrected chi connectivity index (χ3v) is 8.00. The Morgan fingerprint density at radius 2 is 1.91 bits per heavy atom. The van der Waals surface area contributed by atoms with Crippen LogP contribution in [0.15, 0.2) is 65.0 Å². The number of hydrogen-bond acceptors (Lipinski definition) is 4. The minimum atomic E-state index is -4.05. The Morgan fingerprint density at radius 1 is 1.15 bits per heavy atom. The van der Waals surface area contributed by atoms with E-state index in [1.807, 2.05) is 31.2 Å². The van der Waals surface area contributed by atoms with Gasteiger partial charge in [0.25, 0.3) is 10.0 Å². The van der Waals surface area contributed by atoms with E-state index in [9.17, 15) is 18.3 Å². The number of aromatic amines is 1. The minimum Gasteiger partial charge on any atom is -0.480 e. The molecule has 0 saturated heterocycles. The normalized spacial score (nSPS) is 12.3. The van der Waals surface area contributed by atoms with Gasteiger partial charge in [-0.25, -0.2) is 8.42 Å². The third kappa shape index (κ3) is 5.37. The fourth-order valence-corrected chi connectivity index (χ4v) is 5.68. The number of aliphatic carboxylic acids is 1. The number of carbonyl (C=O) groups is 1. The molecule has 2 aromatic carbocycles. The summed E-state index contributed by atoms with van der Waals surface area (Å²) in [5.41, 5.74) is 3.93. The fraction of sp³-hybridized carbons (Fsp3) is 0.125. The van der Waals surface area contributed by atoms with Crippen LogP contribution in [0.2, 0.25) is 0 Å². The Balaban J connectivity index is 1.53. The molecule has 164 valence electrons. The average molecular weight is 474 g/mol. The van der Waals surface area contributed by atoms with Crippen LogP contribution in [0.25, 0.3) is 10.9 Å². The number of rotatable bonds is 6. The van der Waals surface area contributed by atoms with Crippen LogP contribution in [-0.2, 0) is 21.2 Å². The van der Waals surface area contributed by atoms with Crippen LogP contribution in [0.3, 0.4) is 0 Å². The van der Waals surface area contributed by atoms with Crippen molar-refractivity contribution < 1.29 is 18.3 Å². The van der Waals surface area contributed by atoms with Crippen molar-refractivity contribution in [2.45, 2.75) is 23.6 Å². The average Bonchev–Trinajstić information content (AvgIpc) is 3.40. The lowest BCUT2D eigenvalue weighted by Crippen LogP contribution is -2.42. The quantitative estimate of drug-likeness (QED) is 0.296. The first-order chi connectivity index (χ1) is 15.7. The summed E-state index contributed by atoms with van der Waals surface area (Å²) in [6, 6.07) is 14.6. The molecule has 0 aliphatic carbocycles. The summed E-state index contributed by atoms with van der Waals surface area (Å²) in [5.74, 6) is 4.68. The van der Waals surface area contributed by atoms with Crippen LogP contribution in [0.4, 0.5) is 0 Å². The highest BCUT2D eigenvalue weighted by atomic mass is 32.2. The summed E-state index contributed by atoms with van der Waals surface area (Å²) in [4.78, 5) is 15.5. The summed E-state index contributed by atoms with van der Waals surface area (Å²) < 4.78 is 28.1. The highest BCUT2D eigenvalue weighted by Gasteiger charge is 2.27. The standard InChI is InChI=1S/C24H19BN2O4S2/c1-15-2-4-16(5-3-15)6-8-19-9-11-23(32-19)33(30,31)27-22(24(28)29)12-17-14-26-21-10-7-18(25)13-20(17)21/h2-5,7,9-11,13-14,22,26-27H,12H2,1H3,(H,28,29)/t22-/m1/s1. The number of fused-ring (bicyclic) bond motifs is 1. The summed E-state index contributed by atoms with van der Waals surface area (Å²) in [6.07, 6.45) is 1.63. The second-order valence-electron chi connectivity index (χ2n) is 7.57. The Labute approximate surface area is 197 Å². The van der Waals surface area contributed by atoms with Crippen LogP contribution >= 0.6 is 11.3 Å². The van der Waals surface area contributed by atoms with Crippen molar-refractivity contribution in [3.8, 4) is 11.8 Å². The second kappa shape index (κ2) is 9.28. The predicted molar refractivity (Wildman–Crippen MR) is 131 cm³/mol. The molecule has 33 heavy (non-hydrogen) atoms. The zero-order chi connectivity index (χ0) is 23.6. The van der Waals surface area contributed by atoms with Gasteiger partial charge in [0.05, 0.1) is 4.88 Å². The van der Waals surface area contributed by atoms with Gasteiger partial charge < -0.3 is 10.1 Å². The number of thiophene rings is 1. The molecule has 9 heteroatoms. The fourth-order valence-electron chi connectivity index (χ4n) is 3.31. The lowest BCUT2D eigenvalue weighted by molar-refractivity contribution is -0.138. The monoisotopic (exact) mass is 474 g/mol. The van der Waals surface area contributed by atoms with Crippen molar-refractivity contribution in [1.82, 2.24) is 9.71 Å². The van der Waals surface area contributed by atoms with E-state index in [4.69, 9.17) is 7.85 Å². The van der Waals surface area contributed by atoms with E-state index in [-0.39, 0.29) is 10.6 Å². The predicted octanol–water partition coefficient (Wildman–Crippen LogP) is 2.71. The molecule has 0 unspecified atom stereocenters. The maximum Gasteiger partial charge on any atom is 0.322 e.